The van der Waals surface area contributed by atoms with Gasteiger partial charge < -0.3 is 14.5 Å². The molecule has 5 aromatic rings. The van der Waals surface area contributed by atoms with E-state index in [0.717, 1.165) is 28.3 Å². The van der Waals surface area contributed by atoms with E-state index in [1.807, 2.05) is 54.6 Å². The van der Waals surface area contributed by atoms with Crippen molar-refractivity contribution >= 4 is 17.3 Å². The van der Waals surface area contributed by atoms with Gasteiger partial charge >= 0.3 is 0 Å². The molecular formula is C21H16N6O2. The quantitative estimate of drug-likeness (QED) is 0.486. The molecule has 3 heterocycles. The number of aromatic nitrogens is 5. The molecule has 0 atom stereocenters. The number of nitrogens with zero attached hydrogens (tertiary/aromatic N) is 5. The fourth-order valence-corrected chi connectivity index (χ4v) is 3.01. The molecule has 8 heteroatoms. The number of hydrogen-bond donors (Lipinski definition) is 1. The third kappa shape index (κ3) is 3.27. The van der Waals surface area contributed by atoms with E-state index >= 15 is 0 Å². The molecule has 8 nitrogen and oxygen atoms in total. The van der Waals surface area contributed by atoms with Crippen molar-refractivity contribution in [3.63, 3.8) is 0 Å². The second kappa shape index (κ2) is 7.08. The Morgan fingerprint density at radius 3 is 2.48 bits per heavy atom. The number of oxazole rings is 1. The van der Waals surface area contributed by atoms with Crippen LogP contribution in [0.4, 0.5) is 11.6 Å². The summed E-state index contributed by atoms with van der Waals surface area (Å²) in [5, 5.41) is 7.80. The third-order valence-corrected chi connectivity index (χ3v) is 4.46. The number of ether oxygens (including phenoxy) is 1. The fourth-order valence-electron chi connectivity index (χ4n) is 3.01. The molecule has 0 saturated heterocycles. The predicted molar refractivity (Wildman–Crippen MR) is 108 cm³/mol. The second-order valence-electron chi connectivity index (χ2n) is 6.27. The molecule has 142 valence electrons. The molecule has 1 N–H and O–H groups in total. The average molecular weight is 384 g/mol. The first-order chi connectivity index (χ1) is 14.3. The predicted octanol–water partition coefficient (Wildman–Crippen LogP) is 4.20. The summed E-state index contributed by atoms with van der Waals surface area (Å²) in [7, 11) is 1.64. The highest BCUT2D eigenvalue weighted by molar-refractivity contribution is 5.65. The number of anilines is 2. The normalized spacial score (nSPS) is 10.9. The van der Waals surface area contributed by atoms with Crippen molar-refractivity contribution < 1.29 is 9.15 Å². The summed E-state index contributed by atoms with van der Waals surface area (Å²) in [5.74, 6) is 2.69. The molecule has 0 aliphatic rings. The minimum atomic E-state index is 0.486. The molecule has 0 aliphatic heterocycles. The Balaban J connectivity index is 1.44. The van der Waals surface area contributed by atoms with Gasteiger partial charge in [0.2, 0.25) is 5.95 Å². The summed E-state index contributed by atoms with van der Waals surface area (Å²) in [6.45, 7) is 0. The second-order valence-corrected chi connectivity index (χ2v) is 6.27. The van der Waals surface area contributed by atoms with E-state index in [-0.39, 0.29) is 0 Å². The van der Waals surface area contributed by atoms with Crippen LogP contribution in [0.2, 0.25) is 0 Å². The van der Waals surface area contributed by atoms with Crippen LogP contribution in [-0.4, -0.2) is 31.7 Å². The lowest BCUT2D eigenvalue weighted by Gasteiger charge is -2.04. The number of rotatable bonds is 5. The highest BCUT2D eigenvalue weighted by Gasteiger charge is 2.11. The lowest BCUT2D eigenvalue weighted by atomic mass is 10.2. The Hall–Kier alpha value is -4.20. The van der Waals surface area contributed by atoms with E-state index in [1.165, 1.54) is 6.39 Å². The fraction of sp³-hybridized carbons (Fsp3) is 0.0476. The van der Waals surface area contributed by atoms with Gasteiger partial charge in [0.05, 0.1) is 13.3 Å². The first kappa shape index (κ1) is 16.9. The molecule has 0 unspecified atom stereocenters. The standard InChI is InChI=1S/C21H16N6O2/c1-28-17-8-4-15(5-9-17)20-23-11-10-19-25-21(26-27(19)20)24-16-6-2-14(3-7-16)18-12-22-13-29-18/h2-13H,1H3,(H,24,26). The van der Waals surface area contributed by atoms with E-state index in [4.69, 9.17) is 9.15 Å². The van der Waals surface area contributed by atoms with Gasteiger partial charge in [-0.05, 0) is 48.5 Å². The van der Waals surface area contributed by atoms with Crippen LogP contribution in [0.15, 0.2) is 77.8 Å². The zero-order valence-corrected chi connectivity index (χ0v) is 15.5. The van der Waals surface area contributed by atoms with Gasteiger partial charge in [-0.25, -0.2) is 9.97 Å². The zero-order chi connectivity index (χ0) is 19.6. The molecule has 0 radical (unpaired) electrons. The highest BCUT2D eigenvalue weighted by atomic mass is 16.5. The molecule has 29 heavy (non-hydrogen) atoms. The van der Waals surface area contributed by atoms with Gasteiger partial charge in [0, 0.05) is 29.1 Å². The molecule has 5 rings (SSSR count). The van der Waals surface area contributed by atoms with Gasteiger partial charge in [0.25, 0.3) is 0 Å². The summed E-state index contributed by atoms with van der Waals surface area (Å²) in [5.41, 5.74) is 3.43. The molecule has 0 amide bonds. The topological polar surface area (TPSA) is 90.4 Å². The van der Waals surface area contributed by atoms with Crippen molar-refractivity contribution in [2.75, 3.05) is 12.4 Å². The van der Waals surface area contributed by atoms with Crippen LogP contribution in [0.1, 0.15) is 0 Å². The molecule has 0 fully saturated rings. The van der Waals surface area contributed by atoms with Gasteiger partial charge in [-0.15, -0.1) is 5.10 Å². The molecule has 2 aromatic carbocycles. The number of benzene rings is 2. The van der Waals surface area contributed by atoms with Gasteiger partial charge in [-0.1, -0.05) is 0 Å². The largest absolute Gasteiger partial charge is 0.497 e. The van der Waals surface area contributed by atoms with E-state index in [0.29, 0.717) is 17.4 Å². The van der Waals surface area contributed by atoms with Crippen LogP contribution in [0, 0.1) is 0 Å². The van der Waals surface area contributed by atoms with Crippen LogP contribution in [-0.2, 0) is 0 Å². The minimum Gasteiger partial charge on any atom is -0.497 e. The maximum atomic E-state index is 5.31. The van der Waals surface area contributed by atoms with Crippen molar-refractivity contribution in [2.24, 2.45) is 0 Å². The lowest BCUT2D eigenvalue weighted by Crippen LogP contribution is -1.98. The van der Waals surface area contributed by atoms with Gasteiger partial charge in [0.1, 0.15) is 5.75 Å². The van der Waals surface area contributed by atoms with Gasteiger partial charge in [0.15, 0.2) is 23.6 Å². The molecular weight excluding hydrogens is 368 g/mol. The first-order valence-corrected chi connectivity index (χ1v) is 8.92. The average Bonchev–Trinajstić information content (AvgIpc) is 3.44. The van der Waals surface area contributed by atoms with Crippen LogP contribution in [0.3, 0.4) is 0 Å². The summed E-state index contributed by atoms with van der Waals surface area (Å²) in [6, 6.07) is 17.3. The van der Waals surface area contributed by atoms with E-state index in [9.17, 15) is 0 Å². The minimum absolute atomic E-state index is 0.486. The van der Waals surface area contributed by atoms with Crippen molar-refractivity contribution in [2.45, 2.75) is 0 Å². The van der Waals surface area contributed by atoms with Crippen LogP contribution in [0.5, 0.6) is 5.75 Å². The van der Waals surface area contributed by atoms with E-state index < -0.39 is 0 Å². The molecule has 0 spiro atoms. The number of fused-ring (bicyclic) bond motifs is 1. The van der Waals surface area contributed by atoms with Crippen molar-refractivity contribution in [3.05, 3.63) is 73.4 Å². The van der Waals surface area contributed by atoms with Crippen LogP contribution >= 0.6 is 0 Å². The summed E-state index contributed by atoms with van der Waals surface area (Å²) in [6.07, 6.45) is 4.82. The number of methoxy groups -OCH3 is 1. The lowest BCUT2D eigenvalue weighted by molar-refractivity contribution is 0.415. The maximum Gasteiger partial charge on any atom is 0.247 e. The molecule has 0 aliphatic carbocycles. The smallest absolute Gasteiger partial charge is 0.247 e. The molecule has 0 saturated carbocycles. The van der Waals surface area contributed by atoms with Gasteiger partial charge in [-0.3, -0.25) is 0 Å². The Bertz CT molecular complexity index is 1250. The molecule has 0 bridgehead atoms. The SMILES string of the molecule is COc1ccc(-c2nccc3nc(Nc4ccc(-c5cnco5)cc4)nn23)cc1. The van der Waals surface area contributed by atoms with Crippen LogP contribution < -0.4 is 10.1 Å². The Kier molecular flexibility index (Phi) is 4.14. The van der Waals surface area contributed by atoms with Crippen molar-refractivity contribution in [3.8, 4) is 28.5 Å². The highest BCUT2D eigenvalue weighted by Crippen LogP contribution is 2.24. The Labute approximate surface area is 165 Å². The van der Waals surface area contributed by atoms with Gasteiger partial charge in [-0.2, -0.15) is 9.50 Å². The summed E-state index contributed by atoms with van der Waals surface area (Å²) < 4.78 is 12.2. The molecule has 3 aromatic heterocycles. The summed E-state index contributed by atoms with van der Waals surface area (Å²) in [4.78, 5) is 13.0. The number of hydrogen-bond acceptors (Lipinski definition) is 7. The Morgan fingerprint density at radius 1 is 0.966 bits per heavy atom. The first-order valence-electron chi connectivity index (χ1n) is 8.92. The van der Waals surface area contributed by atoms with Crippen molar-refractivity contribution in [1.29, 1.82) is 0 Å². The van der Waals surface area contributed by atoms with E-state index in [2.05, 4.69) is 25.4 Å². The Morgan fingerprint density at radius 2 is 1.76 bits per heavy atom. The van der Waals surface area contributed by atoms with Crippen LogP contribution in [0.25, 0.3) is 28.4 Å². The van der Waals surface area contributed by atoms with Crippen molar-refractivity contribution in [1.82, 2.24) is 24.6 Å². The third-order valence-electron chi connectivity index (χ3n) is 4.46. The summed E-state index contributed by atoms with van der Waals surface area (Å²) >= 11 is 0. The maximum absolute atomic E-state index is 5.31. The number of nitrogens with one attached hydrogen (secondary N) is 1. The monoisotopic (exact) mass is 384 g/mol. The van der Waals surface area contributed by atoms with E-state index in [1.54, 1.807) is 24.0 Å². The zero-order valence-electron chi connectivity index (χ0n) is 15.5.